The van der Waals surface area contributed by atoms with Crippen LogP contribution in [0.2, 0.25) is 0 Å². The highest BCUT2D eigenvalue weighted by Gasteiger charge is 2.10. The molecule has 0 radical (unpaired) electrons. The third kappa shape index (κ3) is 4.86. The first kappa shape index (κ1) is 19.8. The van der Waals surface area contributed by atoms with Crippen LogP contribution in [0.4, 0.5) is 26.1 Å². The van der Waals surface area contributed by atoms with Crippen LogP contribution in [0.15, 0.2) is 42.7 Å². The fourth-order valence-electron chi connectivity index (χ4n) is 2.56. The van der Waals surface area contributed by atoms with E-state index in [1.165, 1.54) is 24.4 Å². The second kappa shape index (κ2) is 9.32. The van der Waals surface area contributed by atoms with Crippen molar-refractivity contribution >= 4 is 35.3 Å². The molecule has 2 aromatic heterocycles. The van der Waals surface area contributed by atoms with Crippen molar-refractivity contribution in [3.8, 4) is 0 Å². The molecule has 3 rings (SSSR count). The van der Waals surface area contributed by atoms with Gasteiger partial charge in [-0.3, -0.25) is 4.68 Å². The van der Waals surface area contributed by atoms with E-state index in [1.54, 1.807) is 17.8 Å². The lowest BCUT2D eigenvalue weighted by Gasteiger charge is -2.12. The van der Waals surface area contributed by atoms with E-state index >= 15 is 0 Å². The van der Waals surface area contributed by atoms with Gasteiger partial charge in [0.05, 0.1) is 6.54 Å². The van der Waals surface area contributed by atoms with Crippen LogP contribution < -0.4 is 10.6 Å². The van der Waals surface area contributed by atoms with Gasteiger partial charge >= 0.3 is 0 Å². The van der Waals surface area contributed by atoms with Crippen molar-refractivity contribution in [2.45, 2.75) is 13.1 Å². The number of pyridine rings is 1. The first-order chi connectivity index (χ1) is 13.6. The van der Waals surface area contributed by atoms with Crippen LogP contribution >= 0.6 is 11.8 Å². The summed E-state index contributed by atoms with van der Waals surface area (Å²) in [7, 11) is 0. The number of benzene rings is 1. The molecule has 28 heavy (non-hydrogen) atoms. The van der Waals surface area contributed by atoms with Gasteiger partial charge in [0.2, 0.25) is 0 Å². The highest BCUT2D eigenvalue weighted by atomic mass is 32.2. The van der Waals surface area contributed by atoms with Crippen molar-refractivity contribution in [2.24, 2.45) is 0 Å². The summed E-state index contributed by atoms with van der Waals surface area (Å²) in [6.07, 6.45) is 6.57. The van der Waals surface area contributed by atoms with Gasteiger partial charge in [0, 0.05) is 59.9 Å². The van der Waals surface area contributed by atoms with Crippen molar-refractivity contribution in [3.05, 3.63) is 65.5 Å². The number of anilines is 3. The minimum absolute atomic E-state index is 0.0495. The number of thioether (sulfide) groups is 1. The summed E-state index contributed by atoms with van der Waals surface area (Å²) >= 11 is 1.74. The lowest BCUT2D eigenvalue weighted by atomic mass is 10.1. The van der Waals surface area contributed by atoms with Gasteiger partial charge in [0.1, 0.15) is 17.5 Å². The minimum Gasteiger partial charge on any atom is -0.380 e. The van der Waals surface area contributed by atoms with Crippen LogP contribution in [0, 0.1) is 17.0 Å². The Morgan fingerprint density at radius 3 is 2.71 bits per heavy atom. The predicted octanol–water partition coefficient (Wildman–Crippen LogP) is 4.27. The molecule has 0 aliphatic rings. The average Bonchev–Trinajstić information content (AvgIpc) is 3.13. The Balaban J connectivity index is 1.74. The van der Waals surface area contributed by atoms with Crippen LogP contribution in [0.1, 0.15) is 11.1 Å². The zero-order valence-corrected chi connectivity index (χ0v) is 16.1. The lowest BCUT2D eigenvalue weighted by Crippen LogP contribution is -2.07. The third-order valence-corrected chi connectivity index (χ3v) is 4.62. The van der Waals surface area contributed by atoms with Crippen molar-refractivity contribution in [1.82, 2.24) is 14.8 Å². The number of halogens is 2. The molecule has 0 amide bonds. The molecule has 0 saturated heterocycles. The molecule has 146 valence electrons. The zero-order valence-electron chi connectivity index (χ0n) is 15.2. The number of hydrogen-bond acceptors (Lipinski definition) is 6. The zero-order chi connectivity index (χ0) is 19.9. The van der Waals surface area contributed by atoms with E-state index in [2.05, 4.69) is 20.7 Å². The Hall–Kier alpha value is -2.94. The summed E-state index contributed by atoms with van der Waals surface area (Å²) in [5.41, 5.74) is 0.988. The minimum atomic E-state index is -0.618. The number of aryl methyl sites for hydroxylation is 1. The molecule has 6 nitrogen and oxygen atoms in total. The van der Waals surface area contributed by atoms with E-state index in [-0.39, 0.29) is 12.1 Å². The van der Waals surface area contributed by atoms with Crippen LogP contribution in [0.5, 0.6) is 0 Å². The first-order valence-electron chi connectivity index (χ1n) is 8.57. The van der Waals surface area contributed by atoms with Crippen molar-refractivity contribution in [2.75, 3.05) is 22.6 Å². The summed E-state index contributed by atoms with van der Waals surface area (Å²) in [5.74, 6) is 0.882. The maximum absolute atomic E-state index is 13.8. The van der Waals surface area contributed by atoms with Crippen LogP contribution in [-0.2, 0) is 13.1 Å². The molecule has 0 bridgehead atoms. The quantitative estimate of drug-likeness (QED) is 0.466. The normalized spacial score (nSPS) is 10.7. The highest BCUT2D eigenvalue weighted by molar-refractivity contribution is 7.98. The lowest BCUT2D eigenvalue weighted by molar-refractivity contribution is 0.560. The maximum Gasteiger partial charge on any atom is 0.153 e. The van der Waals surface area contributed by atoms with Gasteiger partial charge in [0.15, 0.2) is 5.82 Å². The van der Waals surface area contributed by atoms with Crippen LogP contribution in [-0.4, -0.2) is 33.0 Å². The summed E-state index contributed by atoms with van der Waals surface area (Å²) < 4.78 is 29.5. The highest BCUT2D eigenvalue weighted by Crippen LogP contribution is 2.22. The summed E-state index contributed by atoms with van der Waals surface area (Å²) in [6.45, 7) is 0.760. The van der Waals surface area contributed by atoms with Gasteiger partial charge in [-0.05, 0) is 18.4 Å². The molecule has 3 N–H and O–H groups in total. The van der Waals surface area contributed by atoms with Gasteiger partial charge in [-0.15, -0.1) is 0 Å². The molecule has 0 saturated carbocycles. The monoisotopic (exact) mass is 402 g/mol. The van der Waals surface area contributed by atoms with Crippen molar-refractivity contribution in [1.29, 1.82) is 5.41 Å². The number of rotatable bonds is 9. The molecule has 0 spiro atoms. The Labute approximate surface area is 165 Å². The predicted molar refractivity (Wildman–Crippen MR) is 110 cm³/mol. The van der Waals surface area contributed by atoms with Crippen molar-refractivity contribution < 1.29 is 8.78 Å². The summed E-state index contributed by atoms with van der Waals surface area (Å²) in [4.78, 5) is 4.26. The Bertz CT molecular complexity index is 939. The van der Waals surface area contributed by atoms with E-state index in [0.29, 0.717) is 22.9 Å². The van der Waals surface area contributed by atoms with Gasteiger partial charge in [-0.1, -0.05) is 6.07 Å². The molecular formula is C19H20F2N6S. The fourth-order valence-corrected chi connectivity index (χ4v) is 2.93. The van der Waals surface area contributed by atoms with E-state index in [0.717, 1.165) is 18.5 Å². The Morgan fingerprint density at radius 1 is 1.21 bits per heavy atom. The van der Waals surface area contributed by atoms with E-state index in [4.69, 9.17) is 5.41 Å². The average molecular weight is 402 g/mol. The molecule has 0 fully saturated rings. The van der Waals surface area contributed by atoms with Gasteiger partial charge < -0.3 is 16.0 Å². The topological polar surface area (TPSA) is 78.6 Å². The molecule has 0 aliphatic heterocycles. The molecule has 0 atom stereocenters. The first-order valence-corrected chi connectivity index (χ1v) is 9.97. The van der Waals surface area contributed by atoms with E-state index in [9.17, 15) is 8.78 Å². The molecular weight excluding hydrogens is 382 g/mol. The molecule has 3 aromatic rings. The number of nitrogens with zero attached hydrogens (tertiary/aromatic N) is 3. The SMILES string of the molecule is CSCCn1ccc(Nc2cc(NCc3c(F)cccc3F)c(C=N)cn2)n1. The molecule has 1 aromatic carbocycles. The standard InChI is InChI=1S/C19H20F2N6S/c1-28-8-7-27-6-5-18(26-27)25-19-9-17(13(10-22)11-24-19)23-12-14-15(20)3-2-4-16(14)21/h2-6,9-11,22H,7-8,12H2,1H3,(H2,23,24,25,26). The van der Waals surface area contributed by atoms with E-state index < -0.39 is 11.6 Å². The summed E-state index contributed by atoms with van der Waals surface area (Å²) in [6, 6.07) is 7.27. The molecule has 0 unspecified atom stereocenters. The molecule has 0 aliphatic carbocycles. The molecule has 2 heterocycles. The fraction of sp³-hybridized carbons (Fsp3) is 0.211. The summed E-state index contributed by atoms with van der Waals surface area (Å²) in [5, 5.41) is 18.0. The van der Waals surface area contributed by atoms with Gasteiger partial charge in [-0.2, -0.15) is 16.9 Å². The van der Waals surface area contributed by atoms with Gasteiger partial charge in [0.25, 0.3) is 0 Å². The van der Waals surface area contributed by atoms with Crippen LogP contribution in [0.3, 0.4) is 0 Å². The van der Waals surface area contributed by atoms with Crippen LogP contribution in [0.25, 0.3) is 0 Å². The third-order valence-electron chi connectivity index (χ3n) is 4.03. The second-order valence-electron chi connectivity index (χ2n) is 5.94. The number of nitrogens with one attached hydrogen (secondary N) is 3. The van der Waals surface area contributed by atoms with Crippen molar-refractivity contribution in [3.63, 3.8) is 0 Å². The van der Waals surface area contributed by atoms with E-state index in [1.807, 2.05) is 23.2 Å². The largest absolute Gasteiger partial charge is 0.380 e. The Kier molecular flexibility index (Phi) is 6.59. The molecule has 9 heteroatoms. The Morgan fingerprint density at radius 2 is 2.00 bits per heavy atom. The number of aromatic nitrogens is 3. The van der Waals surface area contributed by atoms with Gasteiger partial charge in [-0.25, -0.2) is 13.8 Å². The second-order valence-corrected chi connectivity index (χ2v) is 6.92. The number of hydrogen-bond donors (Lipinski definition) is 3. The smallest absolute Gasteiger partial charge is 0.153 e. The maximum atomic E-state index is 13.8.